The van der Waals surface area contributed by atoms with Crippen molar-refractivity contribution < 1.29 is 15.0 Å². The maximum atomic E-state index is 10.4. The van der Waals surface area contributed by atoms with Crippen LogP contribution in [0.15, 0.2) is 31.0 Å². The Morgan fingerprint density at radius 2 is 2.00 bits per heavy atom. The lowest BCUT2D eigenvalue weighted by Gasteiger charge is -2.11. The molecule has 0 atom stereocenters. The minimum atomic E-state index is -0.272. The van der Waals surface area contributed by atoms with E-state index in [1.54, 1.807) is 0 Å². The maximum absolute atomic E-state index is 10.4. The molecule has 13 heavy (non-hydrogen) atoms. The predicted octanol–water partition coefficient (Wildman–Crippen LogP) is 1.20. The second-order valence-corrected chi connectivity index (χ2v) is 2.37. The van der Waals surface area contributed by atoms with Crippen molar-refractivity contribution in [3.63, 3.8) is 0 Å². The van der Waals surface area contributed by atoms with E-state index in [4.69, 9.17) is 10.2 Å². The molecule has 4 nitrogen and oxygen atoms in total. The lowest BCUT2D eigenvalue weighted by Crippen LogP contribution is -2.11. The highest BCUT2D eigenvalue weighted by molar-refractivity contribution is 5.78. The molecule has 4 heteroatoms. The molecule has 68 valence electrons. The highest BCUT2D eigenvalue weighted by atomic mass is 16.3. The molecule has 0 bridgehead atoms. The standard InChI is InChI=1S/C9H9NO3/c1-2-10(6-11)7-3-4-8(12)9(13)5-7/h2-6,12-13H,1H2. The Morgan fingerprint density at radius 3 is 2.46 bits per heavy atom. The number of benzene rings is 1. The summed E-state index contributed by atoms with van der Waals surface area (Å²) in [5.41, 5.74) is 0.445. The van der Waals surface area contributed by atoms with Crippen LogP contribution in [0.25, 0.3) is 0 Å². The molecule has 1 rings (SSSR count). The molecule has 1 aromatic rings. The van der Waals surface area contributed by atoms with Crippen molar-refractivity contribution in [1.82, 2.24) is 0 Å². The van der Waals surface area contributed by atoms with Crippen molar-refractivity contribution in [3.8, 4) is 11.5 Å². The van der Waals surface area contributed by atoms with Gasteiger partial charge in [-0.05, 0) is 12.1 Å². The lowest BCUT2D eigenvalue weighted by molar-refractivity contribution is -0.106. The summed E-state index contributed by atoms with van der Waals surface area (Å²) >= 11 is 0. The summed E-state index contributed by atoms with van der Waals surface area (Å²) in [4.78, 5) is 11.6. The van der Waals surface area contributed by atoms with Crippen LogP contribution < -0.4 is 4.90 Å². The topological polar surface area (TPSA) is 60.8 Å². The van der Waals surface area contributed by atoms with E-state index in [2.05, 4.69) is 6.58 Å². The van der Waals surface area contributed by atoms with Crippen molar-refractivity contribution in [1.29, 1.82) is 0 Å². The summed E-state index contributed by atoms with van der Waals surface area (Å²) in [5, 5.41) is 18.1. The summed E-state index contributed by atoms with van der Waals surface area (Å²) in [7, 11) is 0. The molecule has 0 aliphatic rings. The molecule has 1 amide bonds. The van der Waals surface area contributed by atoms with Gasteiger partial charge in [-0.3, -0.25) is 9.69 Å². The number of phenolic OH excluding ortho intramolecular Hbond substituents is 2. The number of carbonyl (C=O) groups excluding carboxylic acids is 1. The Labute approximate surface area is 75.3 Å². The van der Waals surface area contributed by atoms with Gasteiger partial charge in [0.15, 0.2) is 11.5 Å². The molecule has 0 radical (unpaired) electrons. The molecular weight excluding hydrogens is 170 g/mol. The van der Waals surface area contributed by atoms with E-state index < -0.39 is 0 Å². The number of hydrogen-bond acceptors (Lipinski definition) is 3. The fourth-order valence-corrected chi connectivity index (χ4v) is 0.882. The highest BCUT2D eigenvalue weighted by Crippen LogP contribution is 2.28. The van der Waals surface area contributed by atoms with E-state index in [1.165, 1.54) is 29.3 Å². The fraction of sp³-hybridized carbons (Fsp3) is 0. The molecule has 0 fully saturated rings. The van der Waals surface area contributed by atoms with Crippen LogP contribution in [0, 0.1) is 0 Å². The first-order valence-corrected chi connectivity index (χ1v) is 3.57. The number of amides is 1. The van der Waals surface area contributed by atoms with Crippen LogP contribution in [0.5, 0.6) is 11.5 Å². The zero-order valence-electron chi connectivity index (χ0n) is 6.84. The van der Waals surface area contributed by atoms with Gasteiger partial charge in [-0.1, -0.05) is 6.58 Å². The molecule has 0 heterocycles. The average molecular weight is 179 g/mol. The zero-order chi connectivity index (χ0) is 9.84. The first-order chi connectivity index (χ1) is 6.19. The number of aromatic hydroxyl groups is 2. The molecule has 0 spiro atoms. The van der Waals surface area contributed by atoms with Gasteiger partial charge in [-0.15, -0.1) is 0 Å². The van der Waals surface area contributed by atoms with Gasteiger partial charge in [-0.25, -0.2) is 0 Å². The van der Waals surface area contributed by atoms with Crippen molar-refractivity contribution in [2.45, 2.75) is 0 Å². The minimum Gasteiger partial charge on any atom is -0.504 e. The zero-order valence-corrected chi connectivity index (χ0v) is 6.84. The van der Waals surface area contributed by atoms with Gasteiger partial charge < -0.3 is 10.2 Å². The SMILES string of the molecule is C=CN(C=O)c1ccc(O)c(O)c1. The summed E-state index contributed by atoms with van der Waals surface area (Å²) in [5.74, 6) is -0.495. The first-order valence-electron chi connectivity index (χ1n) is 3.57. The third kappa shape index (κ3) is 1.79. The molecular formula is C9H9NO3. The molecule has 2 N–H and O–H groups in total. The van der Waals surface area contributed by atoms with Crippen LogP contribution in [0.3, 0.4) is 0 Å². The van der Waals surface area contributed by atoms with Crippen molar-refractivity contribution in [2.24, 2.45) is 0 Å². The van der Waals surface area contributed by atoms with Crippen molar-refractivity contribution in [2.75, 3.05) is 4.90 Å². The monoisotopic (exact) mass is 179 g/mol. The Hall–Kier alpha value is -1.97. The number of hydrogen-bond donors (Lipinski definition) is 2. The molecule has 0 aliphatic carbocycles. The van der Waals surface area contributed by atoms with E-state index in [9.17, 15) is 4.79 Å². The smallest absolute Gasteiger partial charge is 0.218 e. The van der Waals surface area contributed by atoms with Gasteiger partial charge in [0.1, 0.15) is 0 Å². The van der Waals surface area contributed by atoms with Crippen molar-refractivity contribution in [3.05, 3.63) is 31.0 Å². The van der Waals surface area contributed by atoms with Crippen LogP contribution in [0.4, 0.5) is 5.69 Å². The second-order valence-electron chi connectivity index (χ2n) is 2.37. The average Bonchev–Trinajstić information content (AvgIpc) is 2.13. The lowest BCUT2D eigenvalue weighted by atomic mass is 10.2. The number of phenols is 2. The Bertz CT molecular complexity index is 328. The molecule has 0 saturated carbocycles. The molecule has 0 unspecified atom stereocenters. The summed E-state index contributed by atoms with van der Waals surface area (Å²) in [6, 6.07) is 4.06. The van der Waals surface area contributed by atoms with Gasteiger partial charge >= 0.3 is 0 Å². The number of carbonyl (C=O) groups is 1. The normalized spacial score (nSPS) is 9.23. The van der Waals surface area contributed by atoms with Crippen LogP contribution in [0.1, 0.15) is 0 Å². The fourth-order valence-electron chi connectivity index (χ4n) is 0.882. The maximum Gasteiger partial charge on any atom is 0.218 e. The van der Waals surface area contributed by atoms with Crippen LogP contribution in [0.2, 0.25) is 0 Å². The molecule has 0 aliphatic heterocycles. The van der Waals surface area contributed by atoms with Gasteiger partial charge in [0.05, 0.1) is 5.69 Å². The highest BCUT2D eigenvalue weighted by Gasteiger charge is 2.04. The van der Waals surface area contributed by atoms with E-state index in [0.29, 0.717) is 12.1 Å². The molecule has 1 aromatic carbocycles. The van der Waals surface area contributed by atoms with E-state index >= 15 is 0 Å². The van der Waals surface area contributed by atoms with Crippen LogP contribution >= 0.6 is 0 Å². The quantitative estimate of drug-likeness (QED) is 0.541. The number of rotatable bonds is 3. The minimum absolute atomic E-state index is 0.223. The van der Waals surface area contributed by atoms with Gasteiger partial charge in [-0.2, -0.15) is 0 Å². The Morgan fingerprint density at radius 1 is 1.31 bits per heavy atom. The Kier molecular flexibility index (Phi) is 2.54. The summed E-state index contributed by atoms with van der Waals surface area (Å²) in [6.07, 6.45) is 1.86. The molecule has 0 aromatic heterocycles. The van der Waals surface area contributed by atoms with Crippen LogP contribution in [-0.2, 0) is 4.79 Å². The predicted molar refractivity (Wildman–Crippen MR) is 48.5 cm³/mol. The third-order valence-electron chi connectivity index (χ3n) is 1.57. The number of nitrogens with zero attached hydrogens (tertiary/aromatic N) is 1. The third-order valence-corrected chi connectivity index (χ3v) is 1.57. The first kappa shape index (κ1) is 9.12. The van der Waals surface area contributed by atoms with E-state index in [-0.39, 0.29) is 11.5 Å². The van der Waals surface area contributed by atoms with E-state index in [1.807, 2.05) is 0 Å². The van der Waals surface area contributed by atoms with Crippen LogP contribution in [-0.4, -0.2) is 16.6 Å². The largest absolute Gasteiger partial charge is 0.504 e. The van der Waals surface area contributed by atoms with Gasteiger partial charge in [0.25, 0.3) is 0 Å². The summed E-state index contributed by atoms with van der Waals surface area (Å²) in [6.45, 7) is 3.41. The number of anilines is 1. The second kappa shape index (κ2) is 3.62. The van der Waals surface area contributed by atoms with Gasteiger partial charge in [0, 0.05) is 12.3 Å². The van der Waals surface area contributed by atoms with Crippen molar-refractivity contribution >= 4 is 12.1 Å². The molecule has 0 saturated heterocycles. The van der Waals surface area contributed by atoms with E-state index in [0.717, 1.165) is 0 Å². The Balaban J connectivity index is 3.08. The summed E-state index contributed by atoms with van der Waals surface area (Å²) < 4.78 is 0. The van der Waals surface area contributed by atoms with Gasteiger partial charge in [0.2, 0.25) is 6.41 Å².